The third-order valence-electron chi connectivity index (χ3n) is 2.26. The minimum Gasteiger partial charge on any atom is -0.481 e. The summed E-state index contributed by atoms with van der Waals surface area (Å²) in [6.45, 7) is 5.70. The van der Waals surface area contributed by atoms with Gasteiger partial charge in [-0.1, -0.05) is 12.1 Å². The normalized spacial score (nSPS) is 12.0. The summed E-state index contributed by atoms with van der Waals surface area (Å²) in [5, 5.41) is 2.56. The van der Waals surface area contributed by atoms with E-state index < -0.39 is 6.10 Å². The molecule has 0 aromatic heterocycles. The maximum absolute atomic E-state index is 11.3. The predicted molar refractivity (Wildman–Crippen MR) is 60.1 cm³/mol. The highest BCUT2D eigenvalue weighted by molar-refractivity contribution is 5.80. The van der Waals surface area contributed by atoms with Crippen LogP contribution in [0.4, 0.5) is 0 Å². The first-order valence-corrected chi connectivity index (χ1v) is 5.00. The largest absolute Gasteiger partial charge is 0.481 e. The molecule has 0 unspecified atom stereocenters. The van der Waals surface area contributed by atoms with Crippen LogP contribution in [-0.2, 0) is 4.79 Å². The number of ether oxygens (including phenoxy) is 1. The summed E-state index contributed by atoms with van der Waals surface area (Å²) in [7, 11) is 1.60. The van der Waals surface area contributed by atoms with E-state index in [1.165, 1.54) is 0 Å². The molecule has 1 aromatic carbocycles. The molecule has 0 saturated heterocycles. The van der Waals surface area contributed by atoms with Gasteiger partial charge in [0.25, 0.3) is 5.91 Å². The Labute approximate surface area is 90.4 Å². The summed E-state index contributed by atoms with van der Waals surface area (Å²) in [5.74, 6) is 0.655. The Morgan fingerprint density at radius 2 is 2.07 bits per heavy atom. The fraction of sp³-hybridized carbons (Fsp3) is 0.417. The maximum atomic E-state index is 11.3. The first-order valence-electron chi connectivity index (χ1n) is 5.00. The zero-order valence-electron chi connectivity index (χ0n) is 9.63. The van der Waals surface area contributed by atoms with Crippen molar-refractivity contribution in [2.75, 3.05) is 7.05 Å². The van der Waals surface area contributed by atoms with E-state index >= 15 is 0 Å². The maximum Gasteiger partial charge on any atom is 0.260 e. The van der Waals surface area contributed by atoms with Gasteiger partial charge in [0.2, 0.25) is 0 Å². The highest BCUT2D eigenvalue weighted by Crippen LogP contribution is 2.20. The summed E-state index contributed by atoms with van der Waals surface area (Å²) >= 11 is 0. The SMILES string of the molecule is CNC(=O)[C@@H](C)Oc1cc(C)ccc1C. The van der Waals surface area contributed by atoms with Crippen molar-refractivity contribution in [1.29, 1.82) is 0 Å². The van der Waals surface area contributed by atoms with Crippen molar-refractivity contribution in [3.63, 3.8) is 0 Å². The number of carbonyl (C=O) groups excluding carboxylic acids is 1. The van der Waals surface area contributed by atoms with Crippen LogP contribution in [0, 0.1) is 13.8 Å². The lowest BCUT2D eigenvalue weighted by molar-refractivity contribution is -0.126. The molecule has 3 heteroatoms. The van der Waals surface area contributed by atoms with Crippen LogP contribution in [0.25, 0.3) is 0 Å². The molecule has 0 saturated carbocycles. The number of nitrogens with one attached hydrogen (secondary N) is 1. The number of aryl methyl sites for hydroxylation is 2. The minimum absolute atomic E-state index is 0.115. The molecule has 1 rings (SSSR count). The van der Waals surface area contributed by atoms with Gasteiger partial charge in [-0.2, -0.15) is 0 Å². The van der Waals surface area contributed by atoms with Crippen LogP contribution in [0.1, 0.15) is 18.1 Å². The molecule has 1 N–H and O–H groups in total. The monoisotopic (exact) mass is 207 g/mol. The molecule has 1 atom stereocenters. The summed E-state index contributed by atoms with van der Waals surface area (Å²) in [6.07, 6.45) is -0.463. The average Bonchev–Trinajstić information content (AvgIpc) is 2.22. The first-order chi connectivity index (χ1) is 7.04. The fourth-order valence-corrected chi connectivity index (χ4v) is 1.28. The standard InChI is InChI=1S/C12H17NO2/c1-8-5-6-9(2)11(7-8)15-10(3)12(14)13-4/h5-7,10H,1-4H3,(H,13,14)/t10-/m1/s1. The Morgan fingerprint density at radius 3 is 2.67 bits per heavy atom. The molecule has 0 aliphatic heterocycles. The van der Waals surface area contributed by atoms with E-state index in [4.69, 9.17) is 4.74 Å². The van der Waals surface area contributed by atoms with Gasteiger partial charge in [0.1, 0.15) is 5.75 Å². The molecule has 0 heterocycles. The van der Waals surface area contributed by atoms with Crippen molar-refractivity contribution in [3.05, 3.63) is 29.3 Å². The van der Waals surface area contributed by atoms with Gasteiger partial charge in [0, 0.05) is 7.05 Å². The van der Waals surface area contributed by atoms with Gasteiger partial charge in [-0.25, -0.2) is 0 Å². The molecule has 15 heavy (non-hydrogen) atoms. The van der Waals surface area contributed by atoms with Gasteiger partial charge in [0.05, 0.1) is 0 Å². The van der Waals surface area contributed by atoms with Crippen molar-refractivity contribution in [1.82, 2.24) is 5.32 Å². The average molecular weight is 207 g/mol. The van der Waals surface area contributed by atoms with Crippen LogP contribution >= 0.6 is 0 Å². The molecule has 0 aliphatic rings. The van der Waals surface area contributed by atoms with E-state index in [9.17, 15) is 4.79 Å². The molecule has 0 spiro atoms. The van der Waals surface area contributed by atoms with E-state index in [-0.39, 0.29) is 5.91 Å². The predicted octanol–water partition coefficient (Wildman–Crippen LogP) is 1.82. The van der Waals surface area contributed by atoms with E-state index in [0.717, 1.165) is 16.9 Å². The summed E-state index contributed by atoms with van der Waals surface area (Å²) in [5.41, 5.74) is 2.16. The molecule has 0 radical (unpaired) electrons. The van der Waals surface area contributed by atoms with Gasteiger partial charge in [0.15, 0.2) is 6.10 Å². The second-order valence-corrected chi connectivity index (χ2v) is 3.64. The topological polar surface area (TPSA) is 38.3 Å². The Kier molecular flexibility index (Phi) is 3.72. The second kappa shape index (κ2) is 4.82. The zero-order chi connectivity index (χ0) is 11.4. The lowest BCUT2D eigenvalue weighted by Gasteiger charge is -2.15. The third-order valence-corrected chi connectivity index (χ3v) is 2.26. The number of hydrogen-bond acceptors (Lipinski definition) is 2. The van der Waals surface area contributed by atoms with Crippen molar-refractivity contribution < 1.29 is 9.53 Å². The number of hydrogen-bond donors (Lipinski definition) is 1. The number of amides is 1. The molecule has 3 nitrogen and oxygen atoms in total. The van der Waals surface area contributed by atoms with Crippen LogP contribution in [0.5, 0.6) is 5.75 Å². The van der Waals surface area contributed by atoms with Crippen molar-refractivity contribution in [2.24, 2.45) is 0 Å². The quantitative estimate of drug-likeness (QED) is 0.821. The molecule has 1 aromatic rings. The lowest BCUT2D eigenvalue weighted by atomic mass is 10.1. The number of likely N-dealkylation sites (N-methyl/N-ethyl adjacent to an activating group) is 1. The van der Waals surface area contributed by atoms with Crippen LogP contribution in [-0.4, -0.2) is 19.1 Å². The van der Waals surface area contributed by atoms with Gasteiger partial charge >= 0.3 is 0 Å². The van der Waals surface area contributed by atoms with Crippen LogP contribution in [0.3, 0.4) is 0 Å². The Morgan fingerprint density at radius 1 is 1.40 bits per heavy atom. The zero-order valence-corrected chi connectivity index (χ0v) is 9.63. The van der Waals surface area contributed by atoms with Crippen molar-refractivity contribution in [3.8, 4) is 5.75 Å². The second-order valence-electron chi connectivity index (χ2n) is 3.64. The van der Waals surface area contributed by atoms with Crippen LogP contribution < -0.4 is 10.1 Å². The first kappa shape index (κ1) is 11.6. The summed E-state index contributed by atoms with van der Waals surface area (Å²) in [4.78, 5) is 11.3. The van der Waals surface area contributed by atoms with Crippen LogP contribution in [0.15, 0.2) is 18.2 Å². The molecule has 82 valence electrons. The molecule has 1 amide bonds. The molecular weight excluding hydrogens is 190 g/mol. The minimum atomic E-state index is -0.463. The molecular formula is C12H17NO2. The van der Waals surface area contributed by atoms with E-state index in [1.54, 1.807) is 14.0 Å². The molecule has 0 bridgehead atoms. The Bertz CT molecular complexity index is 361. The Hall–Kier alpha value is -1.51. The van der Waals surface area contributed by atoms with E-state index in [2.05, 4.69) is 5.32 Å². The Balaban J connectivity index is 2.80. The molecule has 0 aliphatic carbocycles. The lowest BCUT2D eigenvalue weighted by Crippen LogP contribution is -2.33. The number of benzene rings is 1. The van der Waals surface area contributed by atoms with Gasteiger partial charge in [-0.3, -0.25) is 4.79 Å². The fourth-order valence-electron chi connectivity index (χ4n) is 1.28. The summed E-state index contributed by atoms with van der Waals surface area (Å²) in [6, 6.07) is 5.95. The van der Waals surface area contributed by atoms with Gasteiger partial charge < -0.3 is 10.1 Å². The highest BCUT2D eigenvalue weighted by Gasteiger charge is 2.13. The number of rotatable bonds is 3. The van der Waals surface area contributed by atoms with Crippen molar-refractivity contribution in [2.45, 2.75) is 26.9 Å². The van der Waals surface area contributed by atoms with E-state index in [0.29, 0.717) is 0 Å². The summed E-state index contributed by atoms with van der Waals surface area (Å²) < 4.78 is 5.57. The van der Waals surface area contributed by atoms with E-state index in [1.807, 2.05) is 32.0 Å². The molecule has 0 fully saturated rings. The third kappa shape index (κ3) is 2.98. The van der Waals surface area contributed by atoms with Gasteiger partial charge in [-0.15, -0.1) is 0 Å². The van der Waals surface area contributed by atoms with Gasteiger partial charge in [-0.05, 0) is 38.0 Å². The smallest absolute Gasteiger partial charge is 0.260 e. The number of carbonyl (C=O) groups is 1. The van der Waals surface area contributed by atoms with Crippen LogP contribution in [0.2, 0.25) is 0 Å². The highest BCUT2D eigenvalue weighted by atomic mass is 16.5. The van der Waals surface area contributed by atoms with Crippen molar-refractivity contribution >= 4 is 5.91 Å².